The number of amidine groups is 1. The molecule has 1 aliphatic heterocycles. The number of aliphatic carboxylic acids is 1. The van der Waals surface area contributed by atoms with Crippen LogP contribution in [0.2, 0.25) is 0 Å². The van der Waals surface area contributed by atoms with E-state index in [9.17, 15) is 4.79 Å². The van der Waals surface area contributed by atoms with Crippen molar-refractivity contribution in [2.45, 2.75) is 19.3 Å². The summed E-state index contributed by atoms with van der Waals surface area (Å²) < 4.78 is 0. The third-order valence-electron chi connectivity index (χ3n) is 2.08. The van der Waals surface area contributed by atoms with Gasteiger partial charge in [-0.1, -0.05) is 0 Å². The Morgan fingerprint density at radius 2 is 2.40 bits per heavy atom. The van der Waals surface area contributed by atoms with Crippen molar-refractivity contribution in [2.24, 2.45) is 4.99 Å². The molecule has 0 aromatic carbocycles. The van der Waals surface area contributed by atoms with Gasteiger partial charge in [-0.25, -0.2) is 0 Å². The maximum absolute atomic E-state index is 10.2. The number of rotatable bonds is 4. The molecule has 0 bridgehead atoms. The number of nitriles is 1. The summed E-state index contributed by atoms with van der Waals surface area (Å²) in [4.78, 5) is 16.3. The topological polar surface area (TPSA) is 108 Å². The molecule has 6 heteroatoms. The summed E-state index contributed by atoms with van der Waals surface area (Å²) in [7, 11) is 0. The van der Waals surface area contributed by atoms with Gasteiger partial charge in [0.05, 0.1) is 24.9 Å². The number of carboxylic acids is 1. The molecule has 1 rings (SSSR count). The van der Waals surface area contributed by atoms with Gasteiger partial charge in [0.15, 0.2) is 0 Å². The van der Waals surface area contributed by atoms with Crippen LogP contribution in [-0.2, 0) is 4.79 Å². The summed E-state index contributed by atoms with van der Waals surface area (Å²) >= 11 is 0. The van der Waals surface area contributed by atoms with Crippen molar-refractivity contribution in [3.63, 3.8) is 0 Å². The summed E-state index contributed by atoms with van der Waals surface area (Å²) in [5, 5.41) is 16.9. The second-order valence-corrected chi connectivity index (χ2v) is 3.12. The first kappa shape index (κ1) is 13.4. The second-order valence-electron chi connectivity index (χ2n) is 3.12. The van der Waals surface area contributed by atoms with E-state index in [4.69, 9.17) is 10.4 Å². The molecule has 1 aliphatic rings. The zero-order valence-electron chi connectivity index (χ0n) is 8.44. The Morgan fingerprint density at radius 1 is 1.67 bits per heavy atom. The first-order chi connectivity index (χ1) is 6.74. The minimum absolute atomic E-state index is 0. The molecule has 1 fully saturated rings. The van der Waals surface area contributed by atoms with Crippen LogP contribution < -0.4 is 0 Å². The Morgan fingerprint density at radius 3 is 3.00 bits per heavy atom. The van der Waals surface area contributed by atoms with Crippen LogP contribution in [0.5, 0.6) is 0 Å². The molecule has 0 saturated carbocycles. The molecule has 84 valence electrons. The molecule has 0 atom stereocenters. The summed E-state index contributed by atoms with van der Waals surface area (Å²) in [5.41, 5.74) is 0. The van der Waals surface area contributed by atoms with Gasteiger partial charge in [-0.2, -0.15) is 5.26 Å². The normalized spacial score (nSPS) is 17.3. The van der Waals surface area contributed by atoms with Crippen molar-refractivity contribution >= 4 is 11.8 Å². The molecule has 0 spiro atoms. The fourth-order valence-electron chi connectivity index (χ4n) is 1.43. The summed E-state index contributed by atoms with van der Waals surface area (Å²) in [6.07, 6.45) is 1.93. The summed E-state index contributed by atoms with van der Waals surface area (Å²) in [6, 6.07) is 2.07. The smallest absolute Gasteiger partial charge is 0.305 e. The number of carboxylic acid groups (broad SMARTS) is 1. The van der Waals surface area contributed by atoms with E-state index in [0.29, 0.717) is 13.1 Å². The Hall–Kier alpha value is -1.61. The summed E-state index contributed by atoms with van der Waals surface area (Å²) in [5.74, 6) is 0.0481. The lowest BCUT2D eigenvalue weighted by Gasteiger charge is -2.13. The lowest BCUT2D eigenvalue weighted by atomic mass is 10.3. The molecule has 0 radical (unpaired) electrons. The van der Waals surface area contributed by atoms with Crippen molar-refractivity contribution in [1.29, 1.82) is 5.26 Å². The average Bonchev–Trinajstić information content (AvgIpc) is 2.53. The monoisotopic (exact) mass is 213 g/mol. The Kier molecular flexibility index (Phi) is 6.06. The SMILES string of the molecule is N#CCN1CCCC1=NCCC(=O)O.O. The molecular formula is C9H15N3O3. The summed E-state index contributed by atoms with van der Waals surface area (Å²) in [6.45, 7) is 1.53. The number of carbonyl (C=O) groups is 1. The van der Waals surface area contributed by atoms with Crippen LogP contribution in [0.15, 0.2) is 4.99 Å². The fraction of sp³-hybridized carbons (Fsp3) is 0.667. The third-order valence-corrected chi connectivity index (χ3v) is 2.08. The van der Waals surface area contributed by atoms with Crippen LogP contribution in [-0.4, -0.2) is 46.9 Å². The van der Waals surface area contributed by atoms with E-state index in [-0.39, 0.29) is 11.9 Å². The number of nitrogens with zero attached hydrogens (tertiary/aromatic N) is 3. The minimum atomic E-state index is -0.834. The van der Waals surface area contributed by atoms with Gasteiger partial charge in [0, 0.05) is 13.0 Å². The van der Waals surface area contributed by atoms with Gasteiger partial charge >= 0.3 is 5.97 Å². The highest BCUT2D eigenvalue weighted by atomic mass is 16.4. The highest BCUT2D eigenvalue weighted by Crippen LogP contribution is 2.10. The van der Waals surface area contributed by atoms with Gasteiger partial charge in [-0.3, -0.25) is 9.79 Å². The average molecular weight is 213 g/mol. The molecule has 0 aromatic rings. The van der Waals surface area contributed by atoms with Crippen molar-refractivity contribution in [3.8, 4) is 6.07 Å². The van der Waals surface area contributed by atoms with Crippen LogP contribution >= 0.6 is 0 Å². The van der Waals surface area contributed by atoms with Crippen LogP contribution in [0.1, 0.15) is 19.3 Å². The molecule has 0 aliphatic carbocycles. The minimum Gasteiger partial charge on any atom is -0.481 e. The number of hydrogen-bond acceptors (Lipinski definition) is 3. The number of likely N-dealkylation sites (tertiary alicyclic amines) is 1. The quantitative estimate of drug-likeness (QED) is 0.644. The zero-order chi connectivity index (χ0) is 10.4. The van der Waals surface area contributed by atoms with E-state index in [1.165, 1.54) is 0 Å². The van der Waals surface area contributed by atoms with Gasteiger partial charge in [0.1, 0.15) is 6.54 Å². The van der Waals surface area contributed by atoms with Gasteiger partial charge in [-0.05, 0) is 6.42 Å². The molecule has 0 aromatic heterocycles. The van der Waals surface area contributed by atoms with Gasteiger partial charge < -0.3 is 15.5 Å². The third kappa shape index (κ3) is 4.42. The largest absolute Gasteiger partial charge is 0.481 e. The van der Waals surface area contributed by atoms with Gasteiger partial charge in [-0.15, -0.1) is 0 Å². The van der Waals surface area contributed by atoms with E-state index in [0.717, 1.165) is 25.2 Å². The zero-order valence-corrected chi connectivity index (χ0v) is 8.44. The molecule has 1 saturated heterocycles. The molecule has 3 N–H and O–H groups in total. The Labute approximate surface area is 88.1 Å². The van der Waals surface area contributed by atoms with E-state index in [2.05, 4.69) is 11.1 Å². The van der Waals surface area contributed by atoms with Gasteiger partial charge in [0.25, 0.3) is 0 Å². The van der Waals surface area contributed by atoms with Crippen molar-refractivity contribution in [3.05, 3.63) is 0 Å². The molecule has 1 heterocycles. The molecular weight excluding hydrogens is 198 g/mol. The van der Waals surface area contributed by atoms with Crippen LogP contribution in [0.3, 0.4) is 0 Å². The van der Waals surface area contributed by atoms with E-state index < -0.39 is 5.97 Å². The first-order valence-corrected chi connectivity index (χ1v) is 4.61. The lowest BCUT2D eigenvalue weighted by Crippen LogP contribution is -2.25. The van der Waals surface area contributed by atoms with Crippen molar-refractivity contribution in [1.82, 2.24) is 4.90 Å². The van der Waals surface area contributed by atoms with E-state index in [1.54, 1.807) is 0 Å². The number of hydrogen-bond donors (Lipinski definition) is 1. The fourth-order valence-corrected chi connectivity index (χ4v) is 1.43. The van der Waals surface area contributed by atoms with E-state index in [1.807, 2.05) is 4.90 Å². The maximum atomic E-state index is 10.2. The Bertz CT molecular complexity index is 283. The Balaban J connectivity index is 0.00000196. The lowest BCUT2D eigenvalue weighted by molar-refractivity contribution is -0.136. The van der Waals surface area contributed by atoms with Crippen LogP contribution in [0.4, 0.5) is 0 Å². The number of aliphatic imine (C=N–C) groups is 1. The highest BCUT2D eigenvalue weighted by Gasteiger charge is 2.17. The predicted octanol–water partition coefficient (Wildman–Crippen LogP) is -0.346. The molecule has 15 heavy (non-hydrogen) atoms. The van der Waals surface area contributed by atoms with E-state index >= 15 is 0 Å². The first-order valence-electron chi connectivity index (χ1n) is 4.61. The standard InChI is InChI=1S/C9H13N3O2.H2O/c10-4-7-12-6-1-2-8(12)11-5-3-9(13)14;/h1-3,5-7H2,(H,13,14);1H2. The van der Waals surface area contributed by atoms with Crippen molar-refractivity contribution in [2.75, 3.05) is 19.6 Å². The van der Waals surface area contributed by atoms with Crippen LogP contribution in [0.25, 0.3) is 0 Å². The second kappa shape index (κ2) is 6.79. The van der Waals surface area contributed by atoms with Gasteiger partial charge in [0.2, 0.25) is 0 Å². The van der Waals surface area contributed by atoms with Crippen LogP contribution in [0, 0.1) is 11.3 Å². The predicted molar refractivity (Wildman–Crippen MR) is 54.6 cm³/mol. The maximum Gasteiger partial charge on any atom is 0.305 e. The highest BCUT2D eigenvalue weighted by molar-refractivity contribution is 5.84. The van der Waals surface area contributed by atoms with Crippen molar-refractivity contribution < 1.29 is 15.4 Å². The molecule has 6 nitrogen and oxygen atoms in total. The molecule has 0 amide bonds. The molecule has 0 unspecified atom stereocenters.